The van der Waals surface area contributed by atoms with E-state index in [1.165, 1.54) is 18.3 Å². The Morgan fingerprint density at radius 3 is 2.79 bits per heavy atom. The molecular formula is C11H15N3O5. The molecule has 1 aromatic rings. The van der Waals surface area contributed by atoms with Crippen LogP contribution in [-0.2, 0) is 4.74 Å². The van der Waals surface area contributed by atoms with Crippen molar-refractivity contribution in [3.63, 3.8) is 0 Å². The van der Waals surface area contributed by atoms with Gasteiger partial charge in [0.25, 0.3) is 0 Å². The van der Waals surface area contributed by atoms with E-state index in [0.29, 0.717) is 0 Å². The van der Waals surface area contributed by atoms with E-state index in [1.54, 1.807) is 0 Å². The first-order chi connectivity index (χ1) is 8.95. The Kier molecular flexibility index (Phi) is 3.42. The van der Waals surface area contributed by atoms with E-state index in [2.05, 4.69) is 11.6 Å². The summed E-state index contributed by atoms with van der Waals surface area (Å²) in [6.45, 7) is 2.88. The van der Waals surface area contributed by atoms with Gasteiger partial charge < -0.3 is 25.8 Å². The van der Waals surface area contributed by atoms with Crippen LogP contribution in [0.15, 0.2) is 29.7 Å². The molecule has 2 rings (SSSR count). The number of aromatic nitrogens is 2. The quantitative estimate of drug-likeness (QED) is 0.466. The van der Waals surface area contributed by atoms with Crippen molar-refractivity contribution >= 4 is 5.82 Å². The standard InChI is InChI=1S/C11H15N3O5/c1-2-11(5-15)8(17)7(16)9(19-11)14-4-3-6(12)13-10(14)18/h2-4,7-9,15-17H,1,5H2,(H2,12,13,18). The maximum Gasteiger partial charge on any atom is 0.351 e. The number of aliphatic hydroxyl groups is 3. The molecule has 1 aliphatic rings. The van der Waals surface area contributed by atoms with Crippen molar-refractivity contribution in [2.75, 3.05) is 12.3 Å². The van der Waals surface area contributed by atoms with Crippen molar-refractivity contribution in [1.82, 2.24) is 9.55 Å². The zero-order valence-electron chi connectivity index (χ0n) is 10.0. The van der Waals surface area contributed by atoms with Gasteiger partial charge >= 0.3 is 5.69 Å². The number of nitrogens with two attached hydrogens (primary N) is 1. The lowest BCUT2D eigenvalue weighted by Gasteiger charge is -2.25. The number of anilines is 1. The molecule has 0 saturated carbocycles. The summed E-state index contributed by atoms with van der Waals surface area (Å²) in [6, 6.07) is 1.36. The lowest BCUT2D eigenvalue weighted by Crippen LogP contribution is -2.44. The minimum atomic E-state index is -1.52. The van der Waals surface area contributed by atoms with Gasteiger partial charge in [0.05, 0.1) is 6.61 Å². The van der Waals surface area contributed by atoms with Gasteiger partial charge in [-0.2, -0.15) is 4.98 Å². The summed E-state index contributed by atoms with van der Waals surface area (Å²) in [6.07, 6.45) is -1.52. The number of nitrogens with zero attached hydrogens (tertiary/aromatic N) is 2. The molecule has 1 aromatic heterocycles. The van der Waals surface area contributed by atoms with E-state index in [9.17, 15) is 20.1 Å². The summed E-state index contributed by atoms with van der Waals surface area (Å²) in [5, 5.41) is 29.2. The van der Waals surface area contributed by atoms with Gasteiger partial charge in [0.15, 0.2) is 6.23 Å². The Bertz CT molecular complexity index is 545. The molecule has 0 aromatic carbocycles. The second kappa shape index (κ2) is 4.74. The van der Waals surface area contributed by atoms with Gasteiger partial charge in [0.2, 0.25) is 0 Å². The van der Waals surface area contributed by atoms with Gasteiger partial charge in [-0.05, 0) is 6.07 Å². The van der Waals surface area contributed by atoms with Crippen molar-refractivity contribution in [3.8, 4) is 0 Å². The molecule has 104 valence electrons. The number of nitrogen functional groups attached to an aromatic ring is 1. The van der Waals surface area contributed by atoms with E-state index >= 15 is 0 Å². The highest BCUT2D eigenvalue weighted by molar-refractivity contribution is 5.24. The first-order valence-corrected chi connectivity index (χ1v) is 5.58. The maximum absolute atomic E-state index is 11.7. The monoisotopic (exact) mass is 269 g/mol. The molecule has 8 heteroatoms. The minimum absolute atomic E-state index is 0.0337. The van der Waals surface area contributed by atoms with Gasteiger partial charge in [0, 0.05) is 6.20 Å². The number of hydrogen-bond acceptors (Lipinski definition) is 7. The molecule has 4 unspecified atom stereocenters. The third-order valence-electron chi connectivity index (χ3n) is 3.17. The molecule has 4 atom stereocenters. The van der Waals surface area contributed by atoms with Crippen molar-refractivity contribution in [1.29, 1.82) is 0 Å². The molecule has 1 aliphatic heterocycles. The van der Waals surface area contributed by atoms with Crippen LogP contribution in [0.25, 0.3) is 0 Å². The van der Waals surface area contributed by atoms with E-state index in [0.717, 1.165) is 4.57 Å². The van der Waals surface area contributed by atoms with Crippen LogP contribution < -0.4 is 11.4 Å². The Morgan fingerprint density at radius 1 is 1.63 bits per heavy atom. The fourth-order valence-electron chi connectivity index (χ4n) is 2.01. The fraction of sp³-hybridized carbons (Fsp3) is 0.455. The van der Waals surface area contributed by atoms with Gasteiger partial charge in [-0.3, -0.25) is 4.57 Å². The van der Waals surface area contributed by atoms with Gasteiger partial charge in [-0.15, -0.1) is 6.58 Å². The van der Waals surface area contributed by atoms with Crippen LogP contribution in [0.3, 0.4) is 0 Å². The van der Waals surface area contributed by atoms with Crippen LogP contribution in [0.2, 0.25) is 0 Å². The highest BCUT2D eigenvalue weighted by Gasteiger charge is 2.53. The smallest absolute Gasteiger partial charge is 0.351 e. The fourth-order valence-corrected chi connectivity index (χ4v) is 2.01. The average Bonchev–Trinajstić information content (AvgIpc) is 2.64. The van der Waals surface area contributed by atoms with Crippen molar-refractivity contribution in [2.45, 2.75) is 24.0 Å². The number of ether oxygens (including phenoxy) is 1. The first-order valence-electron chi connectivity index (χ1n) is 5.58. The molecule has 0 radical (unpaired) electrons. The van der Waals surface area contributed by atoms with Crippen molar-refractivity contribution < 1.29 is 20.1 Å². The molecule has 0 bridgehead atoms. The summed E-state index contributed by atoms with van der Waals surface area (Å²) in [5.41, 5.74) is 3.11. The molecule has 1 saturated heterocycles. The Labute approximate surface area is 108 Å². The predicted octanol–water partition coefficient (Wildman–Crippen LogP) is -2.01. The van der Waals surface area contributed by atoms with Crippen LogP contribution in [0.1, 0.15) is 6.23 Å². The molecule has 2 heterocycles. The molecule has 19 heavy (non-hydrogen) atoms. The van der Waals surface area contributed by atoms with Crippen LogP contribution in [0.5, 0.6) is 0 Å². The molecule has 8 nitrogen and oxygen atoms in total. The predicted molar refractivity (Wildman–Crippen MR) is 65.1 cm³/mol. The van der Waals surface area contributed by atoms with E-state index < -0.39 is 36.3 Å². The Morgan fingerprint density at radius 2 is 2.32 bits per heavy atom. The first kappa shape index (κ1) is 13.7. The molecule has 0 spiro atoms. The molecule has 1 fully saturated rings. The van der Waals surface area contributed by atoms with Gasteiger partial charge in [0.1, 0.15) is 23.6 Å². The Balaban J connectivity index is 2.42. The van der Waals surface area contributed by atoms with E-state index in [-0.39, 0.29) is 5.82 Å². The zero-order valence-corrected chi connectivity index (χ0v) is 10.0. The van der Waals surface area contributed by atoms with Crippen LogP contribution in [0.4, 0.5) is 5.82 Å². The number of hydrogen-bond donors (Lipinski definition) is 4. The molecule has 0 amide bonds. The Hall–Kier alpha value is -1.74. The van der Waals surface area contributed by atoms with Gasteiger partial charge in [-0.1, -0.05) is 6.08 Å². The summed E-state index contributed by atoms with van der Waals surface area (Å²) in [7, 11) is 0. The highest BCUT2D eigenvalue weighted by atomic mass is 16.6. The number of aliphatic hydroxyl groups excluding tert-OH is 3. The normalized spacial score (nSPS) is 34.4. The highest BCUT2D eigenvalue weighted by Crippen LogP contribution is 2.37. The average molecular weight is 269 g/mol. The summed E-state index contributed by atoms with van der Waals surface area (Å²) >= 11 is 0. The van der Waals surface area contributed by atoms with Crippen LogP contribution in [0, 0.1) is 0 Å². The lowest BCUT2D eigenvalue weighted by atomic mass is 9.96. The topological polar surface area (TPSA) is 131 Å². The molecular weight excluding hydrogens is 254 g/mol. The lowest BCUT2D eigenvalue weighted by molar-refractivity contribution is -0.0992. The minimum Gasteiger partial charge on any atom is -0.393 e. The van der Waals surface area contributed by atoms with E-state index in [1.807, 2.05) is 0 Å². The maximum atomic E-state index is 11.7. The van der Waals surface area contributed by atoms with Crippen molar-refractivity contribution in [3.05, 3.63) is 35.4 Å². The third-order valence-corrected chi connectivity index (χ3v) is 3.17. The summed E-state index contributed by atoms with van der Waals surface area (Å²) in [5.74, 6) is 0.0337. The second-order valence-electron chi connectivity index (χ2n) is 4.30. The van der Waals surface area contributed by atoms with Crippen LogP contribution in [-0.4, -0.2) is 49.3 Å². The third kappa shape index (κ3) is 2.04. The van der Waals surface area contributed by atoms with Crippen LogP contribution >= 0.6 is 0 Å². The summed E-state index contributed by atoms with van der Waals surface area (Å²) in [4.78, 5) is 15.2. The van der Waals surface area contributed by atoms with E-state index in [4.69, 9.17) is 10.5 Å². The number of rotatable bonds is 3. The van der Waals surface area contributed by atoms with Gasteiger partial charge in [-0.25, -0.2) is 4.79 Å². The zero-order chi connectivity index (χ0) is 14.2. The molecule has 0 aliphatic carbocycles. The summed E-state index contributed by atoms with van der Waals surface area (Å²) < 4.78 is 6.38. The molecule has 5 N–H and O–H groups in total. The van der Waals surface area contributed by atoms with Crippen molar-refractivity contribution in [2.24, 2.45) is 0 Å². The SMILES string of the molecule is C=CC1(CO)OC(n2ccc(N)nc2=O)C(O)C1O. The second-order valence-corrected chi connectivity index (χ2v) is 4.30. The largest absolute Gasteiger partial charge is 0.393 e.